The fourth-order valence-electron chi connectivity index (χ4n) is 4.82. The summed E-state index contributed by atoms with van der Waals surface area (Å²) in [5.74, 6) is -1.08. The van der Waals surface area contributed by atoms with Gasteiger partial charge in [-0.3, -0.25) is 14.2 Å². The van der Waals surface area contributed by atoms with E-state index in [1.165, 1.54) is 18.3 Å². The van der Waals surface area contributed by atoms with Crippen molar-refractivity contribution in [2.75, 3.05) is 0 Å². The van der Waals surface area contributed by atoms with E-state index in [-0.39, 0.29) is 46.4 Å². The molecule has 4 heterocycles. The Balaban J connectivity index is 1.77. The summed E-state index contributed by atoms with van der Waals surface area (Å²) in [6.07, 6.45) is 1.07. The first-order valence-electron chi connectivity index (χ1n) is 13.0. The van der Waals surface area contributed by atoms with E-state index in [0.29, 0.717) is 12.0 Å². The van der Waals surface area contributed by atoms with E-state index in [9.17, 15) is 26.4 Å². The van der Waals surface area contributed by atoms with Gasteiger partial charge in [0.2, 0.25) is 0 Å². The van der Waals surface area contributed by atoms with Crippen molar-refractivity contribution in [1.29, 1.82) is 0 Å². The molecule has 0 radical (unpaired) electrons. The first-order valence-corrected chi connectivity index (χ1v) is 14.5. The Morgan fingerprint density at radius 2 is 1.74 bits per heavy atom. The number of hydrogen-bond acceptors (Lipinski definition) is 6. The second kappa shape index (κ2) is 10.7. The third-order valence-electron chi connectivity index (χ3n) is 6.84. The van der Waals surface area contributed by atoms with Gasteiger partial charge in [-0.15, -0.1) is 0 Å². The number of aromatic nitrogens is 6. The van der Waals surface area contributed by atoms with Gasteiger partial charge < -0.3 is 5.11 Å². The third kappa shape index (κ3) is 5.41. The lowest BCUT2D eigenvalue weighted by atomic mass is 10.0. The summed E-state index contributed by atoms with van der Waals surface area (Å²) in [7, 11) is -2.51. The Labute approximate surface area is 239 Å². The molecule has 0 aliphatic heterocycles. The van der Waals surface area contributed by atoms with Crippen molar-refractivity contribution in [1.82, 2.24) is 28.5 Å². The molecule has 4 aromatic heterocycles. The highest BCUT2D eigenvalue weighted by atomic mass is 32.2. The summed E-state index contributed by atoms with van der Waals surface area (Å²) >= 11 is 0. The van der Waals surface area contributed by atoms with Crippen molar-refractivity contribution in [3.63, 3.8) is 0 Å². The van der Waals surface area contributed by atoms with Crippen LogP contribution in [0.25, 0.3) is 33.3 Å². The molecule has 0 saturated carbocycles. The largest absolute Gasteiger partial charge is 0.481 e. The first kappa shape index (κ1) is 29.0. The number of halogens is 3. The number of carboxylic acid groups (broad SMARTS) is 1. The molecule has 0 fully saturated rings. The van der Waals surface area contributed by atoms with Crippen molar-refractivity contribution in [2.24, 2.45) is 7.05 Å². The lowest BCUT2D eigenvalue weighted by molar-refractivity contribution is -0.141. The minimum absolute atomic E-state index is 0.0335. The smallest absolute Gasteiger partial charge is 0.435 e. The van der Waals surface area contributed by atoms with Crippen molar-refractivity contribution in [2.45, 2.75) is 50.7 Å². The fraction of sp³-hybridized carbons (Fsp3) is 0.286. The van der Waals surface area contributed by atoms with Gasteiger partial charge in [0.25, 0.3) is 10.0 Å². The van der Waals surface area contributed by atoms with Crippen LogP contribution in [0.15, 0.2) is 60.0 Å². The number of fused-ring (bicyclic) bond motifs is 1. The van der Waals surface area contributed by atoms with Gasteiger partial charge in [-0.1, -0.05) is 24.6 Å². The zero-order chi connectivity index (χ0) is 30.4. The second-order valence-corrected chi connectivity index (χ2v) is 11.7. The molecule has 0 aliphatic carbocycles. The quantitative estimate of drug-likeness (QED) is 0.244. The van der Waals surface area contributed by atoms with Gasteiger partial charge in [-0.2, -0.15) is 23.4 Å². The number of alkyl halides is 3. The van der Waals surface area contributed by atoms with Gasteiger partial charge >= 0.3 is 12.1 Å². The maximum atomic E-state index is 14.3. The minimum Gasteiger partial charge on any atom is -0.481 e. The number of carboxylic acids is 1. The topological polar surface area (TPSA) is 125 Å². The average molecular weight is 601 g/mol. The van der Waals surface area contributed by atoms with Crippen molar-refractivity contribution in [3.05, 3.63) is 72.1 Å². The van der Waals surface area contributed by atoms with Crippen LogP contribution in [0.5, 0.6) is 0 Å². The van der Waals surface area contributed by atoms with Crippen LogP contribution in [0, 0.1) is 6.92 Å². The number of pyridine rings is 1. The molecule has 1 N–H and O–H groups in total. The van der Waals surface area contributed by atoms with Crippen molar-refractivity contribution >= 4 is 27.0 Å². The molecule has 220 valence electrons. The molecule has 0 unspecified atom stereocenters. The van der Waals surface area contributed by atoms with Crippen LogP contribution in [-0.4, -0.2) is 48.0 Å². The number of aliphatic carboxylic acids is 1. The van der Waals surface area contributed by atoms with E-state index < -0.39 is 27.9 Å². The molecular weight excluding hydrogens is 573 g/mol. The molecule has 0 bridgehead atoms. The molecule has 5 rings (SSSR count). The molecular formula is C28H27F3N6O4S. The van der Waals surface area contributed by atoms with Crippen LogP contribution in [-0.2, 0) is 41.0 Å². The second-order valence-electron chi connectivity index (χ2n) is 9.92. The number of rotatable bonds is 9. The van der Waals surface area contributed by atoms with Crippen LogP contribution in [0.2, 0.25) is 0 Å². The summed E-state index contributed by atoms with van der Waals surface area (Å²) in [5, 5.41) is 17.3. The SMILES string of the molecule is CCc1nn(C)cc1-c1cnc2c(c1)c(-c1cn(CCCC(=O)O)nc1C(F)(F)F)cn2S(=O)(=O)c1ccc(C)cc1. The predicted octanol–water partition coefficient (Wildman–Crippen LogP) is 5.29. The van der Waals surface area contributed by atoms with E-state index >= 15 is 0 Å². The standard InChI is InChI=1S/C28H27F3N6O4S/c1-4-24-21(14-35(3)33-24)18-12-20-22(23-15-36(11-5-6-25(38)39)34-26(23)28(29,30)31)16-37(27(20)32-13-18)42(40,41)19-9-7-17(2)8-10-19/h7-10,12-16H,4-6,11H2,1-3H3,(H,38,39). The Morgan fingerprint density at radius 1 is 1.02 bits per heavy atom. The van der Waals surface area contributed by atoms with Gasteiger partial charge in [0, 0.05) is 72.4 Å². The molecule has 0 saturated heterocycles. The van der Waals surface area contributed by atoms with Crippen LogP contribution in [0.1, 0.15) is 36.7 Å². The summed E-state index contributed by atoms with van der Waals surface area (Å²) in [4.78, 5) is 15.3. The predicted molar refractivity (Wildman–Crippen MR) is 148 cm³/mol. The van der Waals surface area contributed by atoms with Crippen LogP contribution in [0.3, 0.4) is 0 Å². The monoisotopic (exact) mass is 600 g/mol. The van der Waals surface area contributed by atoms with Gasteiger partial charge in [0.15, 0.2) is 11.3 Å². The maximum Gasteiger partial charge on any atom is 0.435 e. The molecule has 0 atom stereocenters. The Kier molecular flexibility index (Phi) is 7.43. The summed E-state index contributed by atoms with van der Waals surface area (Å²) in [6, 6.07) is 7.72. The molecule has 14 heteroatoms. The molecule has 10 nitrogen and oxygen atoms in total. The highest BCUT2D eigenvalue weighted by molar-refractivity contribution is 7.90. The number of benzene rings is 1. The van der Waals surface area contributed by atoms with Crippen molar-refractivity contribution in [3.8, 4) is 22.3 Å². The Bertz CT molecular complexity index is 1900. The highest BCUT2D eigenvalue weighted by Crippen LogP contribution is 2.41. The van der Waals surface area contributed by atoms with Crippen molar-refractivity contribution < 1.29 is 31.5 Å². The van der Waals surface area contributed by atoms with Gasteiger partial charge in [-0.25, -0.2) is 17.4 Å². The zero-order valence-electron chi connectivity index (χ0n) is 22.9. The first-order chi connectivity index (χ1) is 19.8. The minimum atomic E-state index is -4.87. The molecule has 0 spiro atoms. The average Bonchev–Trinajstić information content (AvgIpc) is 3.63. The summed E-state index contributed by atoms with van der Waals surface area (Å²) in [6.45, 7) is 3.65. The Hall–Kier alpha value is -4.46. The van der Waals surface area contributed by atoms with E-state index in [1.807, 2.05) is 6.92 Å². The highest BCUT2D eigenvalue weighted by Gasteiger charge is 2.39. The van der Waals surface area contributed by atoms with E-state index in [4.69, 9.17) is 5.11 Å². The lowest BCUT2D eigenvalue weighted by Gasteiger charge is -2.08. The molecule has 0 amide bonds. The van der Waals surface area contributed by atoms with Crippen LogP contribution in [0.4, 0.5) is 13.2 Å². The number of aryl methyl sites for hydroxylation is 4. The zero-order valence-corrected chi connectivity index (χ0v) is 23.7. The van der Waals surface area contributed by atoms with E-state index in [2.05, 4.69) is 15.2 Å². The van der Waals surface area contributed by atoms with Gasteiger partial charge in [-0.05, 0) is 38.0 Å². The number of hydrogen-bond donors (Lipinski definition) is 1. The number of carbonyl (C=O) groups is 1. The summed E-state index contributed by atoms with van der Waals surface area (Å²) in [5.41, 5.74) is 1.21. The summed E-state index contributed by atoms with van der Waals surface area (Å²) < 4.78 is 73.9. The number of nitrogens with zero attached hydrogens (tertiary/aromatic N) is 6. The van der Waals surface area contributed by atoms with Gasteiger partial charge in [0.1, 0.15) is 0 Å². The van der Waals surface area contributed by atoms with Gasteiger partial charge in [0.05, 0.1) is 10.6 Å². The third-order valence-corrected chi connectivity index (χ3v) is 8.50. The molecule has 0 aliphatic rings. The van der Waals surface area contributed by atoms with Crippen LogP contribution < -0.4 is 0 Å². The normalized spacial score (nSPS) is 12.3. The van der Waals surface area contributed by atoms with Crippen LogP contribution >= 0.6 is 0 Å². The van der Waals surface area contributed by atoms with E-state index in [1.54, 1.807) is 43.0 Å². The lowest BCUT2D eigenvalue weighted by Crippen LogP contribution is -2.12. The van der Waals surface area contributed by atoms with E-state index in [0.717, 1.165) is 37.9 Å². The molecule has 5 aromatic rings. The fourth-order valence-corrected chi connectivity index (χ4v) is 6.14. The molecule has 42 heavy (non-hydrogen) atoms. The Morgan fingerprint density at radius 3 is 2.38 bits per heavy atom. The molecule has 1 aromatic carbocycles. The maximum absolute atomic E-state index is 14.3.